The van der Waals surface area contributed by atoms with E-state index in [1.807, 2.05) is 24.3 Å². The van der Waals surface area contributed by atoms with Crippen LogP contribution in [0.1, 0.15) is 118 Å². The Labute approximate surface area is 346 Å². The molecule has 7 nitrogen and oxygen atoms in total. The number of hydrogen-bond acceptors (Lipinski definition) is 7. The third-order valence-corrected chi connectivity index (χ3v) is 10.2. The fourth-order valence-electron chi connectivity index (χ4n) is 7.91. The first kappa shape index (κ1) is 42.5. The summed E-state index contributed by atoms with van der Waals surface area (Å²) in [4.78, 5) is 2.46. The van der Waals surface area contributed by atoms with E-state index in [-0.39, 0.29) is 30.2 Å². The van der Waals surface area contributed by atoms with Gasteiger partial charge >= 0.3 is 0 Å². The number of phenols is 1. The molecule has 0 atom stereocenters. The van der Waals surface area contributed by atoms with Crippen molar-refractivity contribution in [2.45, 2.75) is 126 Å². The van der Waals surface area contributed by atoms with E-state index >= 15 is 0 Å². The molecule has 1 aliphatic carbocycles. The van der Waals surface area contributed by atoms with Crippen LogP contribution in [-0.2, 0) is 38.8 Å². The van der Waals surface area contributed by atoms with Crippen LogP contribution >= 0.6 is 0 Å². The highest BCUT2D eigenvalue weighted by Gasteiger charge is 2.25. The minimum atomic E-state index is -0.0841. The summed E-state index contributed by atoms with van der Waals surface area (Å²) in [7, 11) is 1.70. The SMILES string of the molecule is CCN(Cc1ccc(OC)cc1)Cc1cc2c(OC(C)C)c(c1)Cc1cc(O)cc(c1OC(C)C)Cc1cccc(c1OC(C)C)Cc1cccc(c1OC(C)C)C2. The Bertz CT molecular complexity index is 2150. The van der Waals surface area contributed by atoms with E-state index in [0.29, 0.717) is 25.7 Å². The van der Waals surface area contributed by atoms with E-state index < -0.39 is 0 Å². The molecule has 0 saturated carbocycles. The van der Waals surface area contributed by atoms with Crippen LogP contribution in [0.25, 0.3) is 0 Å². The predicted molar refractivity (Wildman–Crippen MR) is 234 cm³/mol. The van der Waals surface area contributed by atoms with Crippen molar-refractivity contribution in [3.8, 4) is 34.5 Å². The molecule has 0 radical (unpaired) electrons. The smallest absolute Gasteiger partial charge is 0.127 e. The third-order valence-electron chi connectivity index (χ3n) is 10.2. The predicted octanol–water partition coefficient (Wildman–Crippen LogP) is 11.2. The Balaban J connectivity index is 1.59. The van der Waals surface area contributed by atoms with E-state index in [1.54, 1.807) is 7.11 Å². The van der Waals surface area contributed by atoms with Gasteiger partial charge in [0.1, 0.15) is 34.5 Å². The standard InChI is InChI=1S/C51H63NO6/c1-11-52(30-36-18-20-47(54-10)21-19-36)31-37-22-42-25-40-16-12-14-38(48(40)55-32(2)3)24-39-15-13-17-41(49(39)56-33(4)5)26-44-28-46(53)29-45(51(44)58-35(8)9)27-43(23-37)50(42)57-34(6)7/h12-23,28-29,32-35,53H,11,24-27,30-31H2,1-10H3. The van der Waals surface area contributed by atoms with Crippen LogP contribution in [0.3, 0.4) is 0 Å². The van der Waals surface area contributed by atoms with Gasteiger partial charge in [0.05, 0.1) is 31.5 Å². The summed E-state index contributed by atoms with van der Waals surface area (Å²) in [5.74, 6) is 4.48. The fourth-order valence-corrected chi connectivity index (χ4v) is 7.91. The summed E-state index contributed by atoms with van der Waals surface area (Å²) in [6, 6.07) is 29.6. The Morgan fingerprint density at radius 1 is 0.483 bits per heavy atom. The molecule has 5 aromatic rings. The maximum Gasteiger partial charge on any atom is 0.127 e. The Morgan fingerprint density at radius 2 is 0.828 bits per heavy atom. The number of methoxy groups -OCH3 is 1. The molecule has 1 N–H and O–H groups in total. The molecule has 1 aliphatic rings. The fraction of sp³-hybridized carbons (Fsp3) is 0.412. The van der Waals surface area contributed by atoms with Crippen molar-refractivity contribution in [1.29, 1.82) is 0 Å². The Hall–Kier alpha value is -5.14. The lowest BCUT2D eigenvalue weighted by Crippen LogP contribution is -2.23. The molecule has 0 heterocycles. The number of rotatable bonds is 14. The van der Waals surface area contributed by atoms with Crippen LogP contribution in [0.2, 0.25) is 0 Å². The molecule has 308 valence electrons. The van der Waals surface area contributed by atoms with E-state index in [2.05, 4.69) is 128 Å². The maximum atomic E-state index is 11.4. The van der Waals surface area contributed by atoms with Gasteiger partial charge in [0.2, 0.25) is 0 Å². The van der Waals surface area contributed by atoms with Gasteiger partial charge in [-0.15, -0.1) is 0 Å². The van der Waals surface area contributed by atoms with Crippen LogP contribution in [0.15, 0.2) is 84.9 Å². The number of hydrogen-bond donors (Lipinski definition) is 1. The highest BCUT2D eigenvalue weighted by Crippen LogP contribution is 2.41. The first-order valence-corrected chi connectivity index (χ1v) is 21.0. The quantitative estimate of drug-likeness (QED) is 0.118. The van der Waals surface area contributed by atoms with Crippen molar-refractivity contribution < 1.29 is 28.8 Å². The van der Waals surface area contributed by atoms with Crippen LogP contribution in [-0.4, -0.2) is 48.1 Å². The van der Waals surface area contributed by atoms with Gasteiger partial charge in [-0.05, 0) is 131 Å². The number of para-hydroxylation sites is 2. The van der Waals surface area contributed by atoms with Crippen LogP contribution in [0, 0.1) is 0 Å². The van der Waals surface area contributed by atoms with Crippen molar-refractivity contribution in [3.05, 3.63) is 141 Å². The molecule has 0 aromatic heterocycles. The van der Waals surface area contributed by atoms with Gasteiger partial charge in [0, 0.05) is 49.9 Å². The van der Waals surface area contributed by atoms with E-state index in [1.165, 1.54) is 11.1 Å². The molecule has 0 aliphatic heterocycles. The molecule has 0 amide bonds. The highest BCUT2D eigenvalue weighted by atomic mass is 16.5. The van der Waals surface area contributed by atoms with E-state index in [4.69, 9.17) is 23.7 Å². The van der Waals surface area contributed by atoms with E-state index in [0.717, 1.165) is 92.9 Å². The Morgan fingerprint density at radius 3 is 1.21 bits per heavy atom. The van der Waals surface area contributed by atoms with Gasteiger partial charge in [0.15, 0.2) is 0 Å². The molecule has 8 bridgehead atoms. The monoisotopic (exact) mass is 785 g/mol. The second-order valence-corrected chi connectivity index (χ2v) is 16.7. The van der Waals surface area contributed by atoms with Crippen molar-refractivity contribution >= 4 is 0 Å². The molecule has 0 saturated heterocycles. The largest absolute Gasteiger partial charge is 0.508 e. The lowest BCUT2D eigenvalue weighted by molar-refractivity contribution is 0.232. The molecule has 0 spiro atoms. The molecular formula is C51H63NO6. The number of phenolic OH excluding ortho intramolecular Hbond substituents is 1. The number of benzene rings is 5. The summed E-state index contributed by atoms with van der Waals surface area (Å²) in [6.07, 6.45) is 2.05. The summed E-state index contributed by atoms with van der Waals surface area (Å²) in [5, 5.41) is 11.4. The van der Waals surface area contributed by atoms with Gasteiger partial charge in [-0.1, -0.05) is 67.6 Å². The normalized spacial score (nSPS) is 12.7. The van der Waals surface area contributed by atoms with E-state index in [9.17, 15) is 5.11 Å². The number of ether oxygens (including phenoxy) is 5. The average Bonchev–Trinajstić information content (AvgIpc) is 3.15. The summed E-state index contributed by atoms with van der Waals surface area (Å²) < 4.78 is 32.4. The zero-order valence-corrected chi connectivity index (χ0v) is 36.3. The van der Waals surface area contributed by atoms with Gasteiger partial charge in [-0.3, -0.25) is 4.90 Å². The molecule has 0 unspecified atom stereocenters. The summed E-state index contributed by atoms with van der Waals surface area (Å²) in [6.45, 7) is 21.2. The molecular weight excluding hydrogens is 723 g/mol. The molecule has 7 heteroatoms. The first-order valence-electron chi connectivity index (χ1n) is 21.0. The maximum absolute atomic E-state index is 11.4. The van der Waals surface area contributed by atoms with Crippen LogP contribution in [0.4, 0.5) is 0 Å². The summed E-state index contributed by atoms with van der Waals surface area (Å²) in [5.41, 5.74) is 10.7. The van der Waals surface area contributed by atoms with Gasteiger partial charge in [-0.2, -0.15) is 0 Å². The average molecular weight is 786 g/mol. The third kappa shape index (κ3) is 10.7. The van der Waals surface area contributed by atoms with Gasteiger partial charge in [0.25, 0.3) is 0 Å². The van der Waals surface area contributed by atoms with Gasteiger partial charge in [-0.25, -0.2) is 0 Å². The second-order valence-electron chi connectivity index (χ2n) is 16.7. The van der Waals surface area contributed by atoms with Crippen molar-refractivity contribution in [2.75, 3.05) is 13.7 Å². The molecule has 6 rings (SSSR count). The number of fused-ring (bicyclic) bond motifs is 8. The number of nitrogens with zero attached hydrogens (tertiary/aromatic N) is 1. The lowest BCUT2D eigenvalue weighted by atomic mass is 9.90. The first-order chi connectivity index (χ1) is 27.8. The topological polar surface area (TPSA) is 69.6 Å². The molecule has 0 fully saturated rings. The molecule has 5 aromatic carbocycles. The van der Waals surface area contributed by atoms with Crippen LogP contribution < -0.4 is 23.7 Å². The zero-order valence-electron chi connectivity index (χ0n) is 36.3. The summed E-state index contributed by atoms with van der Waals surface area (Å²) >= 11 is 0. The minimum Gasteiger partial charge on any atom is -0.508 e. The van der Waals surface area contributed by atoms with Crippen molar-refractivity contribution in [1.82, 2.24) is 4.90 Å². The zero-order chi connectivity index (χ0) is 41.5. The van der Waals surface area contributed by atoms with Crippen LogP contribution in [0.5, 0.6) is 34.5 Å². The van der Waals surface area contributed by atoms with Crippen molar-refractivity contribution in [3.63, 3.8) is 0 Å². The lowest BCUT2D eigenvalue weighted by Gasteiger charge is -2.26. The Kier molecular flexibility index (Phi) is 14.0. The molecule has 58 heavy (non-hydrogen) atoms. The van der Waals surface area contributed by atoms with Crippen molar-refractivity contribution in [2.24, 2.45) is 0 Å². The van der Waals surface area contributed by atoms with Gasteiger partial charge < -0.3 is 28.8 Å². The number of aromatic hydroxyl groups is 1. The minimum absolute atomic E-state index is 0.0235. The highest BCUT2D eigenvalue weighted by molar-refractivity contribution is 5.58. The second kappa shape index (κ2) is 19.1.